The first-order chi connectivity index (χ1) is 8.72. The van der Waals surface area contributed by atoms with E-state index in [1.807, 2.05) is 0 Å². The molecule has 7 heteroatoms. The Balaban J connectivity index is 2.19. The molecule has 1 aromatic heterocycles. The monoisotopic (exact) mass is 271 g/mol. The minimum atomic E-state index is -0.839. The van der Waals surface area contributed by atoms with Crippen LogP contribution in [-0.4, -0.2) is 44.8 Å². The second-order valence-electron chi connectivity index (χ2n) is 4.22. The van der Waals surface area contributed by atoms with E-state index in [-0.39, 0.29) is 11.8 Å². The van der Waals surface area contributed by atoms with E-state index in [1.54, 1.807) is 0 Å². The Morgan fingerprint density at radius 1 is 1.61 bits per heavy atom. The van der Waals surface area contributed by atoms with Crippen LogP contribution in [0.15, 0.2) is 5.16 Å². The molecule has 2 heterocycles. The van der Waals surface area contributed by atoms with Crippen molar-refractivity contribution in [1.29, 1.82) is 0 Å². The summed E-state index contributed by atoms with van der Waals surface area (Å²) in [6.07, 6.45) is 2.79. The summed E-state index contributed by atoms with van der Waals surface area (Å²) in [6.45, 7) is 3.50. The van der Waals surface area contributed by atoms with Crippen molar-refractivity contribution in [2.75, 3.05) is 19.0 Å². The van der Waals surface area contributed by atoms with Crippen LogP contribution in [0.1, 0.15) is 31.6 Å². The van der Waals surface area contributed by atoms with Crippen LogP contribution in [0, 0.1) is 0 Å². The molecule has 1 fully saturated rings. The van der Waals surface area contributed by atoms with Crippen molar-refractivity contribution in [2.24, 2.45) is 0 Å². The van der Waals surface area contributed by atoms with Crippen LogP contribution in [0.2, 0.25) is 0 Å². The number of carbonyl (C=O) groups is 1. The predicted octanol–water partition coefficient (Wildman–Crippen LogP) is 1.37. The number of aliphatic carboxylic acids is 1. The number of aryl methyl sites for hydroxylation is 1. The van der Waals surface area contributed by atoms with Gasteiger partial charge in [-0.15, -0.1) is 10.2 Å². The predicted molar refractivity (Wildman–Crippen MR) is 66.8 cm³/mol. The van der Waals surface area contributed by atoms with Crippen molar-refractivity contribution in [3.63, 3.8) is 0 Å². The number of rotatable bonds is 6. The van der Waals surface area contributed by atoms with Crippen LogP contribution in [0.5, 0.6) is 0 Å². The summed E-state index contributed by atoms with van der Waals surface area (Å²) in [7, 11) is 0. The summed E-state index contributed by atoms with van der Waals surface area (Å²) >= 11 is 1.22. The third-order valence-corrected chi connectivity index (χ3v) is 3.73. The number of ether oxygens (including phenoxy) is 1. The van der Waals surface area contributed by atoms with Crippen molar-refractivity contribution in [3.8, 4) is 0 Å². The number of nitrogens with zero attached hydrogens (tertiary/aromatic N) is 3. The zero-order chi connectivity index (χ0) is 13.0. The van der Waals surface area contributed by atoms with Crippen molar-refractivity contribution in [2.45, 2.75) is 37.4 Å². The van der Waals surface area contributed by atoms with Crippen LogP contribution in [0.3, 0.4) is 0 Å². The zero-order valence-corrected chi connectivity index (χ0v) is 11.2. The Labute approximate surface area is 110 Å². The van der Waals surface area contributed by atoms with Gasteiger partial charge in [-0.2, -0.15) is 0 Å². The van der Waals surface area contributed by atoms with Crippen LogP contribution >= 0.6 is 11.8 Å². The number of carboxylic acid groups (broad SMARTS) is 1. The number of hydrogen-bond acceptors (Lipinski definition) is 5. The van der Waals surface area contributed by atoms with E-state index in [0.29, 0.717) is 11.8 Å². The van der Waals surface area contributed by atoms with Gasteiger partial charge in [-0.25, -0.2) is 0 Å². The Kier molecular flexibility index (Phi) is 4.60. The van der Waals surface area contributed by atoms with Crippen LogP contribution in [0.4, 0.5) is 0 Å². The molecule has 18 heavy (non-hydrogen) atoms. The number of hydrogen-bond donors (Lipinski definition) is 1. The van der Waals surface area contributed by atoms with E-state index < -0.39 is 5.97 Å². The standard InChI is InChI=1S/C11H17N3O3S/c1-2-3-9-12-13-11(18-7-10(15)16)14(9)8-4-5-17-6-8/h8H,2-7H2,1H3,(H,15,16). The summed E-state index contributed by atoms with van der Waals surface area (Å²) in [5, 5.41) is 17.7. The van der Waals surface area contributed by atoms with Gasteiger partial charge in [-0.05, 0) is 12.8 Å². The molecule has 1 atom stereocenters. The van der Waals surface area contributed by atoms with Gasteiger partial charge >= 0.3 is 5.97 Å². The lowest BCUT2D eigenvalue weighted by Gasteiger charge is -2.14. The number of aromatic nitrogens is 3. The fourth-order valence-electron chi connectivity index (χ4n) is 2.02. The molecule has 1 saturated heterocycles. The lowest BCUT2D eigenvalue weighted by Crippen LogP contribution is -2.14. The Bertz CT molecular complexity index is 416. The van der Waals surface area contributed by atoms with Gasteiger partial charge in [0.1, 0.15) is 5.82 Å². The Hall–Kier alpha value is -1.08. The fraction of sp³-hybridized carbons (Fsp3) is 0.727. The van der Waals surface area contributed by atoms with Gasteiger partial charge in [0.25, 0.3) is 0 Å². The highest BCUT2D eigenvalue weighted by atomic mass is 32.2. The number of carboxylic acids is 1. The van der Waals surface area contributed by atoms with E-state index in [0.717, 1.165) is 31.7 Å². The van der Waals surface area contributed by atoms with Crippen molar-refractivity contribution < 1.29 is 14.6 Å². The van der Waals surface area contributed by atoms with Gasteiger partial charge in [0.05, 0.1) is 18.4 Å². The Morgan fingerprint density at radius 3 is 3.06 bits per heavy atom. The van der Waals surface area contributed by atoms with Crippen molar-refractivity contribution >= 4 is 17.7 Å². The lowest BCUT2D eigenvalue weighted by molar-refractivity contribution is -0.133. The number of thioether (sulfide) groups is 1. The maximum atomic E-state index is 10.6. The van der Waals surface area contributed by atoms with Gasteiger partial charge in [-0.1, -0.05) is 18.7 Å². The molecule has 0 aliphatic carbocycles. The average Bonchev–Trinajstić information content (AvgIpc) is 2.95. The lowest BCUT2D eigenvalue weighted by atomic mass is 10.2. The maximum absolute atomic E-state index is 10.6. The molecule has 1 aliphatic heterocycles. The highest BCUT2D eigenvalue weighted by molar-refractivity contribution is 7.99. The molecule has 0 bridgehead atoms. The molecule has 0 radical (unpaired) electrons. The topological polar surface area (TPSA) is 77.2 Å². The van der Waals surface area contributed by atoms with Gasteiger partial charge in [0, 0.05) is 13.0 Å². The molecule has 1 N–H and O–H groups in total. The summed E-state index contributed by atoms with van der Waals surface area (Å²) in [6, 6.07) is 0.248. The largest absolute Gasteiger partial charge is 0.481 e. The molecule has 0 saturated carbocycles. The molecule has 0 spiro atoms. The smallest absolute Gasteiger partial charge is 0.313 e. The molecule has 6 nitrogen and oxygen atoms in total. The third-order valence-electron chi connectivity index (χ3n) is 2.80. The first-order valence-corrected chi connectivity index (χ1v) is 7.07. The minimum Gasteiger partial charge on any atom is -0.481 e. The van der Waals surface area contributed by atoms with Gasteiger partial charge in [-0.3, -0.25) is 4.79 Å². The van der Waals surface area contributed by atoms with Gasteiger partial charge in [0.15, 0.2) is 5.16 Å². The molecule has 100 valence electrons. The van der Waals surface area contributed by atoms with Crippen LogP contribution in [-0.2, 0) is 16.0 Å². The molecular formula is C11H17N3O3S. The summed E-state index contributed by atoms with van der Waals surface area (Å²) in [5.74, 6) is 0.104. The minimum absolute atomic E-state index is 0.0117. The maximum Gasteiger partial charge on any atom is 0.313 e. The second kappa shape index (κ2) is 6.19. The normalized spacial score (nSPS) is 19.3. The van der Waals surface area contributed by atoms with E-state index in [9.17, 15) is 4.79 Å². The van der Waals surface area contributed by atoms with E-state index >= 15 is 0 Å². The van der Waals surface area contributed by atoms with E-state index in [2.05, 4.69) is 21.7 Å². The highest BCUT2D eigenvalue weighted by Gasteiger charge is 2.24. The first-order valence-electron chi connectivity index (χ1n) is 6.08. The Morgan fingerprint density at radius 2 is 2.44 bits per heavy atom. The van der Waals surface area contributed by atoms with Crippen molar-refractivity contribution in [3.05, 3.63) is 5.82 Å². The molecule has 0 aromatic carbocycles. The quantitative estimate of drug-likeness (QED) is 0.787. The SMILES string of the molecule is CCCc1nnc(SCC(=O)O)n1C1CCOC1. The summed E-state index contributed by atoms with van der Waals surface area (Å²) < 4.78 is 7.45. The molecule has 0 amide bonds. The van der Waals surface area contributed by atoms with E-state index in [1.165, 1.54) is 11.8 Å². The van der Waals surface area contributed by atoms with E-state index in [4.69, 9.17) is 9.84 Å². The highest BCUT2D eigenvalue weighted by Crippen LogP contribution is 2.27. The van der Waals surface area contributed by atoms with Gasteiger partial charge < -0.3 is 14.4 Å². The molecular weight excluding hydrogens is 254 g/mol. The molecule has 1 aromatic rings. The molecule has 1 aliphatic rings. The summed E-state index contributed by atoms with van der Waals surface area (Å²) in [4.78, 5) is 10.6. The fourth-order valence-corrected chi connectivity index (χ4v) is 2.76. The third kappa shape index (κ3) is 3.02. The van der Waals surface area contributed by atoms with Gasteiger partial charge in [0.2, 0.25) is 0 Å². The van der Waals surface area contributed by atoms with Crippen LogP contribution < -0.4 is 0 Å². The molecule has 2 rings (SSSR count). The van der Waals surface area contributed by atoms with Crippen molar-refractivity contribution in [1.82, 2.24) is 14.8 Å². The first kappa shape index (κ1) is 13.4. The zero-order valence-electron chi connectivity index (χ0n) is 10.3. The average molecular weight is 271 g/mol. The summed E-state index contributed by atoms with van der Waals surface area (Å²) in [5.41, 5.74) is 0. The second-order valence-corrected chi connectivity index (χ2v) is 5.16. The molecule has 1 unspecified atom stereocenters. The van der Waals surface area contributed by atoms with Crippen LogP contribution in [0.25, 0.3) is 0 Å².